The second kappa shape index (κ2) is 9.33. The Morgan fingerprint density at radius 3 is 2.64 bits per heavy atom. The van der Waals surface area contributed by atoms with E-state index in [0.717, 1.165) is 16.9 Å². The van der Waals surface area contributed by atoms with E-state index in [1.54, 1.807) is 12.1 Å². The Bertz CT molecular complexity index is 718. The molecule has 0 saturated carbocycles. The van der Waals surface area contributed by atoms with E-state index >= 15 is 0 Å². The fraction of sp³-hybridized carbons (Fsp3) is 0.350. The number of ether oxygens (including phenoxy) is 2. The van der Waals surface area contributed by atoms with Gasteiger partial charge in [0.25, 0.3) is 5.91 Å². The van der Waals surface area contributed by atoms with Crippen LogP contribution in [0.25, 0.3) is 0 Å². The summed E-state index contributed by atoms with van der Waals surface area (Å²) in [6, 6.07) is 13.1. The lowest BCUT2D eigenvalue weighted by atomic mass is 10.2. The Hall–Kier alpha value is -2.20. The monoisotopic (exact) mass is 361 g/mol. The number of amides is 1. The normalized spacial score (nSPS) is 11.7. The Morgan fingerprint density at radius 2 is 1.96 bits per heavy atom. The molecule has 2 aromatic carbocycles. The Balaban J connectivity index is 1.95. The number of hydrogen-bond acceptors (Lipinski definition) is 3. The van der Waals surface area contributed by atoms with Crippen LogP contribution in [0.1, 0.15) is 31.4 Å². The maximum Gasteiger partial charge on any atom is 0.261 e. The van der Waals surface area contributed by atoms with Gasteiger partial charge < -0.3 is 14.8 Å². The molecule has 5 heteroatoms. The zero-order valence-corrected chi connectivity index (χ0v) is 15.6. The minimum atomic E-state index is -0.546. The third kappa shape index (κ3) is 5.68. The molecule has 0 spiro atoms. The molecule has 0 aliphatic rings. The fourth-order valence-corrected chi connectivity index (χ4v) is 2.51. The summed E-state index contributed by atoms with van der Waals surface area (Å²) in [6.45, 7) is 6.81. The van der Waals surface area contributed by atoms with Crippen LogP contribution in [0, 0.1) is 6.92 Å². The highest BCUT2D eigenvalue weighted by atomic mass is 35.5. The van der Waals surface area contributed by atoms with Gasteiger partial charge in [-0.3, -0.25) is 4.79 Å². The van der Waals surface area contributed by atoms with Crippen LogP contribution in [0.5, 0.6) is 11.5 Å². The van der Waals surface area contributed by atoms with Crippen molar-refractivity contribution in [1.29, 1.82) is 0 Å². The van der Waals surface area contributed by atoms with Crippen molar-refractivity contribution in [3.8, 4) is 11.5 Å². The van der Waals surface area contributed by atoms with Gasteiger partial charge in [0.15, 0.2) is 6.10 Å². The first-order valence-electron chi connectivity index (χ1n) is 8.45. The van der Waals surface area contributed by atoms with Crippen LogP contribution in [0.2, 0.25) is 5.02 Å². The number of rotatable bonds is 8. The van der Waals surface area contributed by atoms with E-state index in [1.807, 2.05) is 51.1 Å². The molecule has 0 aliphatic heterocycles. The molecular weight excluding hydrogens is 338 g/mol. The first-order chi connectivity index (χ1) is 12.0. The highest BCUT2D eigenvalue weighted by Crippen LogP contribution is 2.22. The molecule has 25 heavy (non-hydrogen) atoms. The van der Waals surface area contributed by atoms with Crippen molar-refractivity contribution in [2.45, 2.75) is 39.8 Å². The lowest BCUT2D eigenvalue weighted by Crippen LogP contribution is -2.37. The summed E-state index contributed by atoms with van der Waals surface area (Å²) in [4.78, 5) is 12.4. The highest BCUT2D eigenvalue weighted by Gasteiger charge is 2.18. The predicted octanol–water partition coefficient (Wildman–Crippen LogP) is 4.52. The fourth-order valence-electron chi connectivity index (χ4n) is 2.39. The maximum absolute atomic E-state index is 12.4. The first-order valence-corrected chi connectivity index (χ1v) is 8.83. The van der Waals surface area contributed by atoms with Gasteiger partial charge in [-0.1, -0.05) is 30.7 Å². The maximum atomic E-state index is 12.4. The SMILES string of the molecule is CCOc1cccc(CNC(=O)[C@@H](CC)Oc2ccc(Cl)c(C)c2)c1. The van der Waals surface area contributed by atoms with Crippen LogP contribution >= 0.6 is 11.6 Å². The molecule has 2 aromatic rings. The Kier molecular flexibility index (Phi) is 7.14. The van der Waals surface area contributed by atoms with Gasteiger partial charge in [-0.15, -0.1) is 0 Å². The molecule has 0 heterocycles. The number of carbonyl (C=O) groups excluding carboxylic acids is 1. The number of nitrogens with one attached hydrogen (secondary N) is 1. The van der Waals surface area contributed by atoms with Crippen molar-refractivity contribution < 1.29 is 14.3 Å². The minimum Gasteiger partial charge on any atom is -0.494 e. The van der Waals surface area contributed by atoms with Crippen molar-refractivity contribution in [3.05, 3.63) is 58.6 Å². The predicted molar refractivity (Wildman–Crippen MR) is 100 cm³/mol. The molecule has 0 saturated heterocycles. The van der Waals surface area contributed by atoms with E-state index in [2.05, 4.69) is 5.32 Å². The molecule has 0 bridgehead atoms. The molecule has 2 rings (SSSR count). The average molecular weight is 362 g/mol. The first kappa shape index (κ1) is 19.1. The number of carbonyl (C=O) groups is 1. The zero-order valence-electron chi connectivity index (χ0n) is 14.8. The van der Waals surface area contributed by atoms with Crippen molar-refractivity contribution in [2.24, 2.45) is 0 Å². The molecule has 134 valence electrons. The summed E-state index contributed by atoms with van der Waals surface area (Å²) < 4.78 is 11.3. The summed E-state index contributed by atoms with van der Waals surface area (Å²) in [5, 5.41) is 3.60. The van der Waals surface area contributed by atoms with Gasteiger partial charge in [0, 0.05) is 11.6 Å². The van der Waals surface area contributed by atoms with Crippen LogP contribution in [0.3, 0.4) is 0 Å². The quantitative estimate of drug-likeness (QED) is 0.751. The molecule has 1 amide bonds. The van der Waals surface area contributed by atoms with E-state index in [1.165, 1.54) is 0 Å². The molecule has 0 unspecified atom stereocenters. The lowest BCUT2D eigenvalue weighted by Gasteiger charge is -2.18. The minimum absolute atomic E-state index is 0.142. The van der Waals surface area contributed by atoms with Gasteiger partial charge >= 0.3 is 0 Å². The van der Waals surface area contributed by atoms with Gasteiger partial charge in [0.1, 0.15) is 11.5 Å². The van der Waals surface area contributed by atoms with Crippen molar-refractivity contribution in [3.63, 3.8) is 0 Å². The summed E-state index contributed by atoms with van der Waals surface area (Å²) in [5.74, 6) is 1.30. The average Bonchev–Trinajstić information content (AvgIpc) is 2.61. The van der Waals surface area contributed by atoms with Crippen LogP contribution < -0.4 is 14.8 Å². The third-order valence-corrected chi connectivity index (χ3v) is 4.17. The van der Waals surface area contributed by atoms with Gasteiger partial charge in [-0.2, -0.15) is 0 Å². The number of benzene rings is 2. The summed E-state index contributed by atoms with van der Waals surface area (Å²) in [7, 11) is 0. The smallest absolute Gasteiger partial charge is 0.261 e. The second-order valence-corrected chi connectivity index (χ2v) is 6.13. The third-order valence-electron chi connectivity index (χ3n) is 3.75. The van der Waals surface area contributed by atoms with Crippen molar-refractivity contribution in [1.82, 2.24) is 5.32 Å². The van der Waals surface area contributed by atoms with Gasteiger partial charge in [0.2, 0.25) is 0 Å². The topological polar surface area (TPSA) is 47.6 Å². The number of halogens is 1. The largest absolute Gasteiger partial charge is 0.494 e. The van der Waals surface area contributed by atoms with Gasteiger partial charge in [-0.25, -0.2) is 0 Å². The van der Waals surface area contributed by atoms with Crippen molar-refractivity contribution in [2.75, 3.05) is 6.61 Å². The van der Waals surface area contributed by atoms with E-state index in [-0.39, 0.29) is 5.91 Å². The van der Waals surface area contributed by atoms with Gasteiger partial charge in [0.05, 0.1) is 6.61 Å². The van der Waals surface area contributed by atoms with Crippen LogP contribution in [-0.4, -0.2) is 18.6 Å². The molecule has 0 aromatic heterocycles. The molecule has 0 radical (unpaired) electrons. The van der Waals surface area contributed by atoms with Crippen molar-refractivity contribution >= 4 is 17.5 Å². The highest BCUT2D eigenvalue weighted by molar-refractivity contribution is 6.31. The Morgan fingerprint density at radius 1 is 1.16 bits per heavy atom. The number of hydrogen-bond donors (Lipinski definition) is 1. The van der Waals surface area contributed by atoms with E-state index in [9.17, 15) is 4.79 Å². The van der Waals surface area contributed by atoms with Crippen LogP contribution in [0.4, 0.5) is 0 Å². The van der Waals surface area contributed by atoms with Crippen LogP contribution in [0.15, 0.2) is 42.5 Å². The Labute approximate surface area is 154 Å². The van der Waals surface area contributed by atoms with E-state index in [0.29, 0.717) is 30.3 Å². The zero-order chi connectivity index (χ0) is 18.2. The van der Waals surface area contributed by atoms with Gasteiger partial charge in [-0.05, 0) is 61.7 Å². The second-order valence-electron chi connectivity index (χ2n) is 5.72. The molecule has 0 fully saturated rings. The number of aryl methyl sites for hydroxylation is 1. The molecular formula is C20H24ClNO3. The molecule has 1 atom stereocenters. The summed E-state index contributed by atoms with van der Waals surface area (Å²) in [5.41, 5.74) is 1.90. The van der Waals surface area contributed by atoms with E-state index < -0.39 is 6.10 Å². The molecule has 4 nitrogen and oxygen atoms in total. The van der Waals surface area contributed by atoms with Crippen LogP contribution in [-0.2, 0) is 11.3 Å². The summed E-state index contributed by atoms with van der Waals surface area (Å²) >= 11 is 6.02. The molecule has 1 N–H and O–H groups in total. The summed E-state index contributed by atoms with van der Waals surface area (Å²) in [6.07, 6.45) is 0.0302. The standard InChI is InChI=1S/C20H24ClNO3/c1-4-19(25-17-9-10-18(21)14(3)11-17)20(23)22-13-15-7-6-8-16(12-15)24-5-2/h6-12,19H,4-5,13H2,1-3H3,(H,22,23)/t19-/m1/s1. The lowest BCUT2D eigenvalue weighted by molar-refractivity contribution is -0.128. The van der Waals surface area contributed by atoms with E-state index in [4.69, 9.17) is 21.1 Å². The molecule has 0 aliphatic carbocycles.